The standard InChI is InChI=1S/C13H15N3S/c1-16(2)13-8-12(14-9-15-13)10-4-6-11(17-3)7-5-10/h4-9H,1-3H3. The SMILES string of the molecule is CSc1ccc(-c2cc(N(C)C)ncn2)cc1. The van der Waals surface area contributed by atoms with Gasteiger partial charge in [-0.15, -0.1) is 11.8 Å². The molecule has 1 aromatic carbocycles. The van der Waals surface area contributed by atoms with Gasteiger partial charge in [-0.1, -0.05) is 12.1 Å². The van der Waals surface area contributed by atoms with Crippen LogP contribution in [0.3, 0.4) is 0 Å². The summed E-state index contributed by atoms with van der Waals surface area (Å²) in [5, 5.41) is 0. The molecule has 0 aliphatic carbocycles. The lowest BCUT2D eigenvalue weighted by molar-refractivity contribution is 1.04. The Labute approximate surface area is 106 Å². The monoisotopic (exact) mass is 245 g/mol. The topological polar surface area (TPSA) is 29.0 Å². The number of aromatic nitrogens is 2. The molecule has 0 unspecified atom stereocenters. The molecule has 4 heteroatoms. The molecule has 0 fully saturated rings. The van der Waals surface area contributed by atoms with Crippen LogP contribution in [-0.2, 0) is 0 Å². The first kappa shape index (κ1) is 11.9. The van der Waals surface area contributed by atoms with Gasteiger partial charge in [-0.25, -0.2) is 9.97 Å². The van der Waals surface area contributed by atoms with E-state index in [4.69, 9.17) is 0 Å². The Bertz CT molecular complexity index is 494. The minimum absolute atomic E-state index is 0.920. The third kappa shape index (κ3) is 2.77. The Balaban J connectivity index is 2.35. The van der Waals surface area contributed by atoms with Crippen molar-refractivity contribution in [2.45, 2.75) is 4.90 Å². The summed E-state index contributed by atoms with van der Waals surface area (Å²) >= 11 is 1.74. The highest BCUT2D eigenvalue weighted by molar-refractivity contribution is 7.98. The molecular formula is C13H15N3S. The van der Waals surface area contributed by atoms with Crippen molar-refractivity contribution in [2.75, 3.05) is 25.3 Å². The van der Waals surface area contributed by atoms with Gasteiger partial charge in [0.1, 0.15) is 12.1 Å². The summed E-state index contributed by atoms with van der Waals surface area (Å²) in [5.74, 6) is 0.920. The van der Waals surface area contributed by atoms with E-state index in [2.05, 4.69) is 40.5 Å². The Morgan fingerprint density at radius 2 is 1.76 bits per heavy atom. The summed E-state index contributed by atoms with van der Waals surface area (Å²) in [6.07, 6.45) is 3.68. The molecule has 0 spiro atoms. The normalized spacial score (nSPS) is 10.3. The lowest BCUT2D eigenvalue weighted by Gasteiger charge is -2.11. The number of hydrogen-bond donors (Lipinski definition) is 0. The van der Waals surface area contributed by atoms with Crippen molar-refractivity contribution in [2.24, 2.45) is 0 Å². The second kappa shape index (κ2) is 5.19. The number of benzene rings is 1. The van der Waals surface area contributed by atoms with Gasteiger partial charge in [0.25, 0.3) is 0 Å². The molecule has 17 heavy (non-hydrogen) atoms. The van der Waals surface area contributed by atoms with E-state index in [0.29, 0.717) is 0 Å². The molecule has 0 bridgehead atoms. The molecule has 0 aliphatic rings. The van der Waals surface area contributed by atoms with Crippen LogP contribution in [0.2, 0.25) is 0 Å². The van der Waals surface area contributed by atoms with Gasteiger partial charge in [0.05, 0.1) is 5.69 Å². The zero-order chi connectivity index (χ0) is 12.3. The summed E-state index contributed by atoms with van der Waals surface area (Å²) in [5.41, 5.74) is 2.07. The zero-order valence-electron chi connectivity index (χ0n) is 10.2. The van der Waals surface area contributed by atoms with Gasteiger partial charge in [-0.05, 0) is 18.4 Å². The number of nitrogens with zero attached hydrogens (tertiary/aromatic N) is 3. The summed E-state index contributed by atoms with van der Waals surface area (Å²) < 4.78 is 0. The number of anilines is 1. The molecule has 3 nitrogen and oxygen atoms in total. The van der Waals surface area contributed by atoms with Crippen molar-refractivity contribution in [3.8, 4) is 11.3 Å². The average Bonchev–Trinajstić information content (AvgIpc) is 2.39. The van der Waals surface area contributed by atoms with Crippen molar-refractivity contribution in [1.82, 2.24) is 9.97 Å². The largest absolute Gasteiger partial charge is 0.363 e. The molecule has 0 saturated heterocycles. The maximum absolute atomic E-state index is 4.30. The molecule has 0 aliphatic heterocycles. The van der Waals surface area contributed by atoms with E-state index in [9.17, 15) is 0 Å². The number of thioether (sulfide) groups is 1. The molecule has 0 N–H and O–H groups in total. The van der Waals surface area contributed by atoms with Gasteiger partial charge in [-0.3, -0.25) is 0 Å². The van der Waals surface area contributed by atoms with Crippen LogP contribution in [0, 0.1) is 0 Å². The van der Waals surface area contributed by atoms with Gasteiger partial charge in [0.15, 0.2) is 0 Å². The zero-order valence-corrected chi connectivity index (χ0v) is 11.0. The highest BCUT2D eigenvalue weighted by Gasteiger charge is 2.03. The minimum atomic E-state index is 0.920. The van der Waals surface area contributed by atoms with Crippen LogP contribution in [-0.4, -0.2) is 30.3 Å². The third-order valence-electron chi connectivity index (χ3n) is 2.50. The Morgan fingerprint density at radius 3 is 2.35 bits per heavy atom. The van der Waals surface area contributed by atoms with E-state index in [1.54, 1.807) is 18.1 Å². The first-order valence-electron chi connectivity index (χ1n) is 5.34. The average molecular weight is 245 g/mol. The van der Waals surface area contributed by atoms with Gasteiger partial charge in [-0.2, -0.15) is 0 Å². The van der Waals surface area contributed by atoms with Crippen LogP contribution in [0.25, 0.3) is 11.3 Å². The Hall–Kier alpha value is -1.55. The van der Waals surface area contributed by atoms with E-state index in [0.717, 1.165) is 17.1 Å². The first-order valence-corrected chi connectivity index (χ1v) is 6.57. The van der Waals surface area contributed by atoms with Crippen LogP contribution >= 0.6 is 11.8 Å². The second-order valence-electron chi connectivity index (χ2n) is 3.88. The van der Waals surface area contributed by atoms with Crippen molar-refractivity contribution >= 4 is 17.6 Å². The van der Waals surface area contributed by atoms with Crippen LogP contribution in [0.1, 0.15) is 0 Å². The molecule has 88 valence electrons. The van der Waals surface area contributed by atoms with Crippen LogP contribution in [0.4, 0.5) is 5.82 Å². The van der Waals surface area contributed by atoms with Crippen molar-refractivity contribution in [3.05, 3.63) is 36.7 Å². The highest BCUT2D eigenvalue weighted by atomic mass is 32.2. The van der Waals surface area contributed by atoms with Gasteiger partial charge in [0, 0.05) is 30.6 Å². The van der Waals surface area contributed by atoms with Crippen molar-refractivity contribution < 1.29 is 0 Å². The van der Waals surface area contributed by atoms with E-state index in [1.807, 2.05) is 25.1 Å². The molecule has 1 heterocycles. The molecule has 0 saturated carbocycles. The number of hydrogen-bond acceptors (Lipinski definition) is 4. The van der Waals surface area contributed by atoms with Crippen molar-refractivity contribution in [1.29, 1.82) is 0 Å². The van der Waals surface area contributed by atoms with E-state index in [1.165, 1.54) is 4.90 Å². The lowest BCUT2D eigenvalue weighted by Crippen LogP contribution is -2.10. The molecular weight excluding hydrogens is 230 g/mol. The molecule has 2 rings (SSSR count). The van der Waals surface area contributed by atoms with E-state index in [-0.39, 0.29) is 0 Å². The highest BCUT2D eigenvalue weighted by Crippen LogP contribution is 2.22. The summed E-state index contributed by atoms with van der Waals surface area (Å²) in [7, 11) is 3.95. The van der Waals surface area contributed by atoms with Gasteiger partial charge < -0.3 is 4.90 Å². The fraction of sp³-hybridized carbons (Fsp3) is 0.231. The van der Waals surface area contributed by atoms with Crippen LogP contribution < -0.4 is 4.90 Å². The minimum Gasteiger partial charge on any atom is -0.363 e. The van der Waals surface area contributed by atoms with Crippen molar-refractivity contribution in [3.63, 3.8) is 0 Å². The maximum atomic E-state index is 4.30. The maximum Gasteiger partial charge on any atom is 0.132 e. The predicted molar refractivity (Wildman–Crippen MR) is 73.6 cm³/mol. The molecule has 2 aromatic rings. The number of rotatable bonds is 3. The molecule has 0 radical (unpaired) electrons. The summed E-state index contributed by atoms with van der Waals surface area (Å²) in [6.45, 7) is 0. The lowest BCUT2D eigenvalue weighted by atomic mass is 10.1. The Morgan fingerprint density at radius 1 is 1.06 bits per heavy atom. The summed E-state index contributed by atoms with van der Waals surface area (Å²) in [4.78, 5) is 11.7. The molecule has 0 atom stereocenters. The van der Waals surface area contributed by atoms with Crippen LogP contribution in [0.15, 0.2) is 41.6 Å². The summed E-state index contributed by atoms with van der Waals surface area (Å²) in [6, 6.07) is 10.4. The van der Waals surface area contributed by atoms with Gasteiger partial charge >= 0.3 is 0 Å². The smallest absolute Gasteiger partial charge is 0.132 e. The second-order valence-corrected chi connectivity index (χ2v) is 4.76. The fourth-order valence-electron chi connectivity index (χ4n) is 1.51. The third-order valence-corrected chi connectivity index (χ3v) is 3.24. The van der Waals surface area contributed by atoms with Crippen LogP contribution in [0.5, 0.6) is 0 Å². The van der Waals surface area contributed by atoms with E-state index < -0.39 is 0 Å². The quantitative estimate of drug-likeness (QED) is 0.777. The fourth-order valence-corrected chi connectivity index (χ4v) is 1.92. The van der Waals surface area contributed by atoms with Gasteiger partial charge in [0.2, 0.25) is 0 Å². The molecule has 1 aromatic heterocycles. The first-order chi connectivity index (χ1) is 8.20. The van der Waals surface area contributed by atoms with E-state index >= 15 is 0 Å². The Kier molecular flexibility index (Phi) is 3.64. The predicted octanol–water partition coefficient (Wildman–Crippen LogP) is 2.93. The molecule has 0 amide bonds.